The Morgan fingerprint density at radius 1 is 1.08 bits per heavy atom. The molecule has 2 heterocycles. The van der Waals surface area contributed by atoms with E-state index in [1.165, 1.54) is 4.90 Å². The van der Waals surface area contributed by atoms with Crippen molar-refractivity contribution in [3.63, 3.8) is 0 Å². The smallest absolute Gasteiger partial charge is 0.233 e. The maximum Gasteiger partial charge on any atom is 0.233 e. The van der Waals surface area contributed by atoms with Gasteiger partial charge in [0.05, 0.1) is 11.8 Å². The van der Waals surface area contributed by atoms with E-state index in [-0.39, 0.29) is 23.7 Å². The lowest BCUT2D eigenvalue weighted by atomic mass is 9.85. The van der Waals surface area contributed by atoms with Crippen molar-refractivity contribution in [2.75, 3.05) is 6.54 Å². The van der Waals surface area contributed by atoms with Crippen molar-refractivity contribution in [2.24, 2.45) is 11.8 Å². The SMILES string of the molecule is O=C1[C@H]2CC=CC[C@@H]2C(=O)N1CCCc1nc(-c2ccc(Cl)cc2)no1. The number of fused-ring (bicyclic) bond motifs is 1. The van der Waals surface area contributed by atoms with Gasteiger partial charge in [0.25, 0.3) is 0 Å². The third kappa shape index (κ3) is 3.17. The standard InChI is InChI=1S/C19H18ClN3O3/c20-13-9-7-12(8-10-13)17-21-16(26-22-17)6-3-11-23-18(24)14-4-1-2-5-15(14)19(23)25/h1-2,7-10,14-15H,3-6,11H2/t14-,15-/m0/s1. The van der Waals surface area contributed by atoms with E-state index in [1.54, 1.807) is 12.1 Å². The summed E-state index contributed by atoms with van der Waals surface area (Å²) in [5, 5.41) is 4.62. The first-order valence-corrected chi connectivity index (χ1v) is 9.10. The van der Waals surface area contributed by atoms with Crippen LogP contribution in [0.1, 0.15) is 25.2 Å². The van der Waals surface area contributed by atoms with Gasteiger partial charge in [-0.1, -0.05) is 28.9 Å². The normalized spacial score (nSPS) is 22.1. The predicted molar refractivity (Wildman–Crippen MR) is 95.1 cm³/mol. The molecule has 2 atom stereocenters. The van der Waals surface area contributed by atoms with Gasteiger partial charge in [-0.25, -0.2) is 0 Å². The van der Waals surface area contributed by atoms with E-state index in [0.29, 0.717) is 49.0 Å². The first-order chi connectivity index (χ1) is 12.6. The highest BCUT2D eigenvalue weighted by Crippen LogP contribution is 2.35. The van der Waals surface area contributed by atoms with Crippen molar-refractivity contribution in [3.05, 3.63) is 47.3 Å². The minimum absolute atomic E-state index is 0.0447. The van der Waals surface area contributed by atoms with E-state index in [2.05, 4.69) is 10.1 Å². The first kappa shape index (κ1) is 17.0. The van der Waals surface area contributed by atoms with Gasteiger partial charge in [0.2, 0.25) is 23.5 Å². The molecule has 1 aromatic heterocycles. The lowest BCUT2D eigenvalue weighted by Gasteiger charge is -2.14. The fourth-order valence-electron chi connectivity index (χ4n) is 3.55. The van der Waals surface area contributed by atoms with Gasteiger partial charge in [0, 0.05) is 23.6 Å². The lowest BCUT2D eigenvalue weighted by Crippen LogP contribution is -2.32. The zero-order valence-corrected chi connectivity index (χ0v) is 14.9. The Hall–Kier alpha value is -2.47. The molecule has 1 fully saturated rings. The van der Waals surface area contributed by atoms with Gasteiger partial charge in [0.15, 0.2) is 0 Å². The van der Waals surface area contributed by atoms with Crippen LogP contribution in [0.2, 0.25) is 5.02 Å². The molecule has 134 valence electrons. The second-order valence-electron chi connectivity index (χ2n) is 6.61. The highest BCUT2D eigenvalue weighted by Gasteiger charge is 2.46. The summed E-state index contributed by atoms with van der Waals surface area (Å²) in [6.45, 7) is 0.392. The molecule has 2 aliphatic rings. The van der Waals surface area contributed by atoms with Crippen molar-refractivity contribution in [2.45, 2.75) is 25.7 Å². The molecule has 0 bridgehead atoms. The van der Waals surface area contributed by atoms with Gasteiger partial charge >= 0.3 is 0 Å². The van der Waals surface area contributed by atoms with Crippen molar-refractivity contribution < 1.29 is 14.1 Å². The molecule has 0 radical (unpaired) electrons. The van der Waals surface area contributed by atoms with E-state index < -0.39 is 0 Å². The fourth-order valence-corrected chi connectivity index (χ4v) is 3.68. The molecule has 1 aliphatic heterocycles. The van der Waals surface area contributed by atoms with Crippen molar-refractivity contribution in [1.29, 1.82) is 0 Å². The fraction of sp³-hybridized carbons (Fsp3) is 0.368. The van der Waals surface area contributed by atoms with E-state index >= 15 is 0 Å². The number of aryl methyl sites for hydroxylation is 1. The van der Waals surface area contributed by atoms with Gasteiger partial charge in [-0.3, -0.25) is 14.5 Å². The van der Waals surface area contributed by atoms with E-state index in [0.717, 1.165) is 5.56 Å². The molecular weight excluding hydrogens is 354 g/mol. The number of hydrogen-bond acceptors (Lipinski definition) is 5. The van der Waals surface area contributed by atoms with Crippen LogP contribution in [0.25, 0.3) is 11.4 Å². The Morgan fingerprint density at radius 3 is 2.38 bits per heavy atom. The number of aromatic nitrogens is 2. The van der Waals surface area contributed by atoms with Crippen molar-refractivity contribution >= 4 is 23.4 Å². The monoisotopic (exact) mass is 371 g/mol. The lowest BCUT2D eigenvalue weighted by molar-refractivity contribution is -0.139. The van der Waals surface area contributed by atoms with Gasteiger partial charge in [0.1, 0.15) is 0 Å². The molecule has 26 heavy (non-hydrogen) atoms. The Balaban J connectivity index is 1.35. The number of imide groups is 1. The zero-order valence-electron chi connectivity index (χ0n) is 14.1. The minimum Gasteiger partial charge on any atom is -0.339 e. The summed E-state index contributed by atoms with van der Waals surface area (Å²) in [4.78, 5) is 30.6. The van der Waals surface area contributed by atoms with E-state index in [1.807, 2.05) is 24.3 Å². The molecular formula is C19H18ClN3O3. The van der Waals surface area contributed by atoms with Crippen LogP contribution in [0.5, 0.6) is 0 Å². The van der Waals surface area contributed by atoms with Crippen LogP contribution in [-0.2, 0) is 16.0 Å². The molecule has 1 aliphatic carbocycles. The van der Waals surface area contributed by atoms with Crippen LogP contribution in [0.3, 0.4) is 0 Å². The third-order valence-corrected chi connectivity index (χ3v) is 5.19. The second-order valence-corrected chi connectivity index (χ2v) is 7.04. The number of allylic oxidation sites excluding steroid dienone is 2. The predicted octanol–water partition coefficient (Wildman–Crippen LogP) is 3.27. The number of halogens is 1. The number of hydrogen-bond donors (Lipinski definition) is 0. The van der Waals surface area contributed by atoms with Gasteiger partial charge in [-0.15, -0.1) is 0 Å². The molecule has 0 unspecified atom stereocenters. The molecule has 7 heteroatoms. The van der Waals surface area contributed by atoms with Crippen LogP contribution >= 0.6 is 11.6 Å². The maximum atomic E-state index is 12.4. The topological polar surface area (TPSA) is 76.3 Å². The number of rotatable bonds is 5. The molecule has 0 saturated carbocycles. The summed E-state index contributed by atoms with van der Waals surface area (Å²) in [7, 11) is 0. The number of amides is 2. The van der Waals surface area contributed by atoms with Crippen LogP contribution in [0.15, 0.2) is 40.9 Å². The summed E-state index contributed by atoms with van der Waals surface area (Å²) in [6, 6.07) is 7.19. The number of carbonyl (C=O) groups is 2. The molecule has 0 spiro atoms. The quantitative estimate of drug-likeness (QED) is 0.595. The summed E-state index contributed by atoms with van der Waals surface area (Å²) in [5.74, 6) is 0.559. The van der Waals surface area contributed by atoms with Crippen molar-refractivity contribution in [1.82, 2.24) is 15.0 Å². The van der Waals surface area contributed by atoms with Crippen LogP contribution in [0, 0.1) is 11.8 Å². The highest BCUT2D eigenvalue weighted by atomic mass is 35.5. The number of carbonyl (C=O) groups excluding carboxylic acids is 2. The highest BCUT2D eigenvalue weighted by molar-refractivity contribution is 6.30. The van der Waals surface area contributed by atoms with Crippen LogP contribution < -0.4 is 0 Å². The van der Waals surface area contributed by atoms with Crippen LogP contribution in [-0.4, -0.2) is 33.4 Å². The number of benzene rings is 1. The molecule has 2 amide bonds. The zero-order chi connectivity index (χ0) is 18.1. The second kappa shape index (κ2) is 7.03. The molecule has 0 N–H and O–H groups in total. The Kier molecular flexibility index (Phi) is 4.59. The Labute approximate surface area is 155 Å². The summed E-state index contributed by atoms with van der Waals surface area (Å²) in [5.41, 5.74) is 0.825. The molecule has 4 rings (SSSR count). The number of nitrogens with zero attached hydrogens (tertiary/aromatic N) is 3. The largest absolute Gasteiger partial charge is 0.339 e. The minimum atomic E-state index is -0.174. The average Bonchev–Trinajstić information content (AvgIpc) is 3.22. The molecule has 6 nitrogen and oxygen atoms in total. The summed E-state index contributed by atoms with van der Waals surface area (Å²) < 4.78 is 5.27. The summed E-state index contributed by atoms with van der Waals surface area (Å²) in [6.07, 6.45) is 6.44. The Bertz CT molecular complexity index is 833. The Morgan fingerprint density at radius 2 is 1.73 bits per heavy atom. The van der Waals surface area contributed by atoms with E-state index in [9.17, 15) is 9.59 Å². The van der Waals surface area contributed by atoms with Crippen molar-refractivity contribution in [3.8, 4) is 11.4 Å². The first-order valence-electron chi connectivity index (χ1n) is 8.72. The van der Waals surface area contributed by atoms with Gasteiger partial charge in [-0.05, 0) is 43.5 Å². The molecule has 1 aromatic carbocycles. The summed E-state index contributed by atoms with van der Waals surface area (Å²) >= 11 is 5.88. The molecule has 2 aromatic rings. The number of likely N-dealkylation sites (tertiary alicyclic amines) is 1. The van der Waals surface area contributed by atoms with Crippen LogP contribution in [0.4, 0.5) is 0 Å². The van der Waals surface area contributed by atoms with Gasteiger partial charge < -0.3 is 4.52 Å². The average molecular weight is 372 g/mol. The third-order valence-electron chi connectivity index (χ3n) is 4.94. The maximum absolute atomic E-state index is 12.4. The van der Waals surface area contributed by atoms with Gasteiger partial charge in [-0.2, -0.15) is 4.98 Å². The van der Waals surface area contributed by atoms with E-state index in [4.69, 9.17) is 16.1 Å². The molecule has 1 saturated heterocycles.